The highest BCUT2D eigenvalue weighted by Gasteiger charge is 2.41. The zero-order chi connectivity index (χ0) is 35.3. The molecule has 0 saturated carbocycles. The Balaban J connectivity index is 0.998. The normalized spacial score (nSPS) is 13.5. The van der Waals surface area contributed by atoms with E-state index in [-0.39, 0.29) is 0 Å². The maximum atomic E-state index is 4.99. The number of aromatic nitrogens is 6. The van der Waals surface area contributed by atoms with Crippen molar-refractivity contribution < 1.29 is 9.13 Å². The minimum atomic E-state index is 0.751. The van der Waals surface area contributed by atoms with Gasteiger partial charge in [0, 0.05) is 6.54 Å². The fourth-order valence-corrected chi connectivity index (χ4v) is 10.2. The summed E-state index contributed by atoms with van der Waals surface area (Å²) in [5, 5.41) is 9.94. The monoisotopic (exact) mass is 732 g/mol. The van der Waals surface area contributed by atoms with Crippen molar-refractivity contribution in [2.24, 2.45) is 10.2 Å². The van der Waals surface area contributed by atoms with Gasteiger partial charge in [-0.25, -0.2) is 18.3 Å². The van der Waals surface area contributed by atoms with Crippen molar-refractivity contribution in [3.05, 3.63) is 143 Å². The average Bonchev–Trinajstić information content (AvgIpc) is 3.94. The Bertz CT molecular complexity index is 2900. The third-order valence-corrected chi connectivity index (χ3v) is 12.7. The van der Waals surface area contributed by atoms with Crippen LogP contribution in [0.25, 0.3) is 54.1 Å². The molecule has 0 spiro atoms. The maximum Gasteiger partial charge on any atom is 0.374 e. The van der Waals surface area contributed by atoms with Crippen LogP contribution in [0, 0.1) is 0 Å². The van der Waals surface area contributed by atoms with E-state index in [4.69, 9.17) is 10.2 Å². The molecule has 53 heavy (non-hydrogen) atoms. The van der Waals surface area contributed by atoms with Gasteiger partial charge < -0.3 is 9.13 Å². The average molecular weight is 733 g/mol. The summed E-state index contributed by atoms with van der Waals surface area (Å²) in [7, 11) is 0. The van der Waals surface area contributed by atoms with E-state index in [1.807, 2.05) is 0 Å². The van der Waals surface area contributed by atoms with Gasteiger partial charge in [-0.15, -0.1) is 10.2 Å². The van der Waals surface area contributed by atoms with Crippen LogP contribution in [0.4, 0.5) is 0 Å². The van der Waals surface area contributed by atoms with Crippen molar-refractivity contribution in [2.45, 2.75) is 59.0 Å². The van der Waals surface area contributed by atoms with Crippen LogP contribution < -0.4 is 18.7 Å². The van der Waals surface area contributed by atoms with Crippen LogP contribution in [-0.4, -0.2) is 18.3 Å². The lowest BCUT2D eigenvalue weighted by atomic mass is 10.2. The first kappa shape index (κ1) is 32.1. The van der Waals surface area contributed by atoms with Gasteiger partial charge >= 0.3 is 11.6 Å². The molecule has 0 fully saturated rings. The van der Waals surface area contributed by atoms with E-state index in [0.717, 1.165) is 61.7 Å². The number of rotatable bonds is 9. The summed E-state index contributed by atoms with van der Waals surface area (Å²) < 4.78 is 17.3. The fraction of sp³-hybridized carbons (Fsp3) is 0.209. The van der Waals surface area contributed by atoms with Crippen LogP contribution >= 0.6 is 22.7 Å². The molecule has 0 aliphatic carbocycles. The first-order valence-corrected chi connectivity index (χ1v) is 20.2. The largest absolute Gasteiger partial charge is 0.374 e. The fourth-order valence-electron chi connectivity index (χ4n) is 8.23. The molecule has 0 N–H and O–H groups in total. The lowest BCUT2D eigenvalue weighted by Gasteiger charge is -2.10. The Kier molecular flexibility index (Phi) is 8.14. The van der Waals surface area contributed by atoms with E-state index in [1.165, 1.54) is 59.7 Å². The summed E-state index contributed by atoms with van der Waals surface area (Å²) in [5.41, 5.74) is 8.88. The van der Waals surface area contributed by atoms with Gasteiger partial charge in [-0.05, 0) is 73.9 Å². The quantitative estimate of drug-likeness (QED) is 0.0826. The van der Waals surface area contributed by atoms with Crippen molar-refractivity contribution in [1.29, 1.82) is 0 Å². The van der Waals surface area contributed by atoms with Crippen LogP contribution in [0.2, 0.25) is 0 Å². The molecule has 0 amide bonds. The SMILES string of the molecule is CCn1c2[n+](c3ccccc31)CC[n+]1c-2n(CCCCn2/c(=N/N=c3/sc4ccccc4n3Cc3ccccc3)sc3ccccc32)c2ccccc21. The second kappa shape index (κ2) is 13.4. The first-order valence-electron chi connectivity index (χ1n) is 18.6. The van der Waals surface area contributed by atoms with E-state index in [0.29, 0.717) is 0 Å². The molecule has 10 rings (SSSR count). The topological polar surface area (TPSA) is 52.2 Å². The highest BCUT2D eigenvalue weighted by Crippen LogP contribution is 2.28. The molecule has 0 saturated heterocycles. The van der Waals surface area contributed by atoms with Crippen molar-refractivity contribution in [2.75, 3.05) is 0 Å². The standard InChI is InChI=1S/C43H40N8S2/c1-2-46-32-18-6-7-19-33(32)48-28-29-49-35-21-9-8-20-34(35)47(41(49)40(46)48)26-14-15-27-50-36-22-10-12-24-38(36)52-42(50)44-45-43-51(30-31-16-4-3-5-17-31)37-23-11-13-25-39(37)53-43/h3-13,16-25H,2,14-15,26-30H2,1H3/q+2/b44-42-,45-43+. The number of thiazole rings is 2. The first-order chi connectivity index (χ1) is 26.3. The van der Waals surface area contributed by atoms with E-state index >= 15 is 0 Å². The summed E-state index contributed by atoms with van der Waals surface area (Å²) in [6, 6.07) is 45.6. The number of imidazole rings is 2. The van der Waals surface area contributed by atoms with Crippen molar-refractivity contribution in [3.63, 3.8) is 0 Å². The molecule has 10 heteroatoms. The third kappa shape index (κ3) is 5.47. The summed E-state index contributed by atoms with van der Waals surface area (Å²) in [6.07, 6.45) is 2.06. The highest BCUT2D eigenvalue weighted by atomic mass is 32.1. The smallest absolute Gasteiger partial charge is 0.315 e. The Hall–Kier alpha value is -5.58. The van der Waals surface area contributed by atoms with Gasteiger partial charge in [0.1, 0.15) is 13.1 Å². The van der Waals surface area contributed by atoms with E-state index < -0.39 is 0 Å². The van der Waals surface area contributed by atoms with Crippen LogP contribution in [0.1, 0.15) is 25.3 Å². The third-order valence-electron chi connectivity index (χ3n) is 10.6. The summed E-state index contributed by atoms with van der Waals surface area (Å²) in [6.45, 7) is 7.70. The molecular weight excluding hydrogens is 693 g/mol. The van der Waals surface area contributed by atoms with Crippen LogP contribution in [0.5, 0.6) is 0 Å². The number of benzene rings is 5. The minimum absolute atomic E-state index is 0.751. The lowest BCUT2D eigenvalue weighted by Crippen LogP contribution is -2.53. The number of aryl methyl sites for hydroxylation is 5. The van der Waals surface area contributed by atoms with Gasteiger partial charge in [0.15, 0.2) is 22.1 Å². The summed E-state index contributed by atoms with van der Waals surface area (Å²) in [5.74, 6) is 2.62. The predicted octanol–water partition coefficient (Wildman–Crippen LogP) is 7.85. The number of hydrogen-bond acceptors (Lipinski definition) is 4. The molecule has 8 nitrogen and oxygen atoms in total. The van der Waals surface area contributed by atoms with Crippen LogP contribution in [0.3, 0.4) is 0 Å². The van der Waals surface area contributed by atoms with Gasteiger partial charge in [-0.2, -0.15) is 0 Å². The predicted molar refractivity (Wildman–Crippen MR) is 214 cm³/mol. The zero-order valence-electron chi connectivity index (χ0n) is 29.7. The van der Waals surface area contributed by atoms with Gasteiger partial charge in [0.2, 0.25) is 9.60 Å². The van der Waals surface area contributed by atoms with E-state index in [2.05, 4.69) is 162 Å². The Morgan fingerprint density at radius 1 is 0.509 bits per heavy atom. The molecular formula is C43H40N8S2+2. The van der Waals surface area contributed by atoms with Crippen molar-refractivity contribution in [3.8, 4) is 11.6 Å². The van der Waals surface area contributed by atoms with E-state index in [1.54, 1.807) is 22.7 Å². The van der Waals surface area contributed by atoms with Crippen LogP contribution in [-0.2, 0) is 39.3 Å². The Labute approximate surface area is 314 Å². The summed E-state index contributed by atoms with van der Waals surface area (Å²) in [4.78, 5) is 1.84. The molecule has 9 aromatic rings. The second-order valence-corrected chi connectivity index (χ2v) is 15.7. The van der Waals surface area contributed by atoms with Gasteiger partial charge in [-0.3, -0.25) is 0 Å². The molecule has 1 aliphatic heterocycles. The second-order valence-electron chi connectivity index (χ2n) is 13.7. The van der Waals surface area contributed by atoms with Crippen molar-refractivity contribution >= 4 is 65.2 Å². The number of para-hydroxylation sites is 6. The van der Waals surface area contributed by atoms with E-state index in [9.17, 15) is 0 Å². The molecule has 5 heterocycles. The molecule has 262 valence electrons. The molecule has 0 atom stereocenters. The maximum absolute atomic E-state index is 4.99. The number of nitrogens with zero attached hydrogens (tertiary/aromatic N) is 8. The highest BCUT2D eigenvalue weighted by molar-refractivity contribution is 7.16. The van der Waals surface area contributed by atoms with Crippen LogP contribution in [0.15, 0.2) is 138 Å². The molecule has 1 aliphatic rings. The minimum Gasteiger partial charge on any atom is -0.315 e. The molecule has 0 radical (unpaired) electrons. The summed E-state index contributed by atoms with van der Waals surface area (Å²) >= 11 is 3.41. The number of fused-ring (bicyclic) bond motifs is 9. The Morgan fingerprint density at radius 2 is 0.981 bits per heavy atom. The molecule has 4 aromatic heterocycles. The molecule has 0 unspecified atom stereocenters. The van der Waals surface area contributed by atoms with Gasteiger partial charge in [0.05, 0.1) is 40.1 Å². The Morgan fingerprint density at radius 3 is 1.60 bits per heavy atom. The lowest BCUT2D eigenvalue weighted by molar-refractivity contribution is -0.772. The van der Waals surface area contributed by atoms with Gasteiger partial charge in [-0.1, -0.05) is 102 Å². The zero-order valence-corrected chi connectivity index (χ0v) is 31.3. The molecule has 0 bridgehead atoms. The number of hydrogen-bond donors (Lipinski definition) is 0. The number of unbranched alkanes of at least 4 members (excludes halogenated alkanes) is 1. The molecule has 5 aromatic carbocycles. The van der Waals surface area contributed by atoms with Crippen molar-refractivity contribution in [1.82, 2.24) is 18.3 Å². The van der Waals surface area contributed by atoms with Gasteiger partial charge in [0.25, 0.3) is 0 Å².